The van der Waals surface area contributed by atoms with Crippen molar-refractivity contribution in [2.24, 2.45) is 0 Å². The number of hydrogen-bond donors (Lipinski definition) is 2. The van der Waals surface area contributed by atoms with Gasteiger partial charge in [0.1, 0.15) is 0 Å². The number of carbonyl (C=O) groups excluding carboxylic acids is 2. The summed E-state index contributed by atoms with van der Waals surface area (Å²) < 4.78 is 0. The summed E-state index contributed by atoms with van der Waals surface area (Å²) in [6.07, 6.45) is 1.01. The molecule has 2 amide bonds. The lowest BCUT2D eigenvalue weighted by Gasteiger charge is -2.18. The van der Waals surface area contributed by atoms with E-state index in [-0.39, 0.29) is 24.3 Å². The van der Waals surface area contributed by atoms with Gasteiger partial charge in [0.25, 0.3) is 0 Å². The standard InChI is InChI=1S/C17H19ClN2O2S/c1-12(21)20-16(13-4-6-14(18)7-5-13)11-17(22)19-9-8-15-3-2-10-23-15/h2-7,10,16H,8-9,11H2,1H3,(H,19,22)(H,20,21)/t16-/m1/s1. The van der Waals surface area contributed by atoms with Gasteiger partial charge >= 0.3 is 0 Å². The fraction of sp³-hybridized carbons (Fsp3) is 0.294. The summed E-state index contributed by atoms with van der Waals surface area (Å²) in [4.78, 5) is 24.7. The van der Waals surface area contributed by atoms with E-state index in [9.17, 15) is 9.59 Å². The third kappa shape index (κ3) is 6.04. The summed E-state index contributed by atoms with van der Waals surface area (Å²) in [5, 5.41) is 8.35. The number of nitrogens with one attached hydrogen (secondary N) is 2. The summed E-state index contributed by atoms with van der Waals surface area (Å²) in [6.45, 7) is 2.03. The molecular formula is C17H19ClN2O2S. The van der Waals surface area contributed by atoms with E-state index in [0.29, 0.717) is 11.6 Å². The van der Waals surface area contributed by atoms with Gasteiger partial charge in [-0.2, -0.15) is 0 Å². The van der Waals surface area contributed by atoms with Crippen LogP contribution in [0.5, 0.6) is 0 Å². The van der Waals surface area contributed by atoms with Crippen molar-refractivity contribution in [2.75, 3.05) is 6.54 Å². The average molecular weight is 351 g/mol. The van der Waals surface area contributed by atoms with E-state index in [1.54, 1.807) is 23.5 Å². The zero-order valence-corrected chi connectivity index (χ0v) is 14.4. The largest absolute Gasteiger partial charge is 0.356 e. The third-order valence-electron chi connectivity index (χ3n) is 3.31. The van der Waals surface area contributed by atoms with E-state index >= 15 is 0 Å². The van der Waals surface area contributed by atoms with Crippen LogP contribution in [0.3, 0.4) is 0 Å². The first kappa shape index (κ1) is 17.5. The molecular weight excluding hydrogens is 332 g/mol. The zero-order chi connectivity index (χ0) is 16.7. The zero-order valence-electron chi connectivity index (χ0n) is 12.8. The Bertz CT molecular complexity index is 641. The molecule has 1 aromatic carbocycles. The molecule has 23 heavy (non-hydrogen) atoms. The Balaban J connectivity index is 1.89. The fourth-order valence-electron chi connectivity index (χ4n) is 2.23. The van der Waals surface area contributed by atoms with Crippen LogP contribution in [0.1, 0.15) is 29.8 Å². The van der Waals surface area contributed by atoms with Crippen LogP contribution in [0, 0.1) is 0 Å². The van der Waals surface area contributed by atoms with E-state index in [1.807, 2.05) is 29.6 Å². The molecule has 0 saturated heterocycles. The minimum Gasteiger partial charge on any atom is -0.356 e. The minimum absolute atomic E-state index is 0.0877. The van der Waals surface area contributed by atoms with Gasteiger partial charge in [0.2, 0.25) is 11.8 Å². The molecule has 122 valence electrons. The first-order valence-corrected chi connectivity index (χ1v) is 8.62. The Labute approximate surface area is 144 Å². The van der Waals surface area contributed by atoms with E-state index in [2.05, 4.69) is 10.6 Å². The van der Waals surface area contributed by atoms with Crippen molar-refractivity contribution in [1.82, 2.24) is 10.6 Å². The second-order valence-corrected chi connectivity index (χ2v) is 6.66. The smallest absolute Gasteiger partial charge is 0.222 e. The van der Waals surface area contributed by atoms with Gasteiger partial charge in [-0.15, -0.1) is 11.3 Å². The average Bonchev–Trinajstić information content (AvgIpc) is 3.00. The van der Waals surface area contributed by atoms with Gasteiger partial charge in [0, 0.05) is 23.4 Å². The lowest BCUT2D eigenvalue weighted by atomic mass is 10.0. The Morgan fingerprint density at radius 1 is 1.22 bits per heavy atom. The highest BCUT2D eigenvalue weighted by atomic mass is 35.5. The molecule has 4 nitrogen and oxygen atoms in total. The highest BCUT2D eigenvalue weighted by molar-refractivity contribution is 7.09. The lowest BCUT2D eigenvalue weighted by molar-refractivity contribution is -0.122. The maximum Gasteiger partial charge on any atom is 0.222 e. The second kappa shape index (κ2) is 8.70. The highest BCUT2D eigenvalue weighted by Crippen LogP contribution is 2.19. The molecule has 2 rings (SSSR count). The van der Waals surface area contributed by atoms with Gasteiger partial charge in [-0.3, -0.25) is 9.59 Å². The summed E-state index contributed by atoms with van der Waals surface area (Å²) >= 11 is 7.55. The van der Waals surface area contributed by atoms with Crippen molar-refractivity contribution in [3.8, 4) is 0 Å². The van der Waals surface area contributed by atoms with Crippen LogP contribution in [0.25, 0.3) is 0 Å². The second-order valence-electron chi connectivity index (χ2n) is 5.19. The van der Waals surface area contributed by atoms with Crippen molar-refractivity contribution in [1.29, 1.82) is 0 Å². The Kier molecular flexibility index (Phi) is 6.62. The molecule has 0 radical (unpaired) electrons. The van der Waals surface area contributed by atoms with E-state index in [4.69, 9.17) is 11.6 Å². The number of rotatable bonds is 7. The number of thiophene rings is 1. The fourth-order valence-corrected chi connectivity index (χ4v) is 3.07. The van der Waals surface area contributed by atoms with Crippen LogP contribution in [0.15, 0.2) is 41.8 Å². The summed E-state index contributed by atoms with van der Waals surface area (Å²) in [5.41, 5.74) is 0.859. The number of benzene rings is 1. The van der Waals surface area contributed by atoms with Crippen LogP contribution >= 0.6 is 22.9 Å². The Hall–Kier alpha value is -1.85. The van der Waals surface area contributed by atoms with E-state index < -0.39 is 0 Å². The molecule has 0 aliphatic rings. The van der Waals surface area contributed by atoms with Gasteiger partial charge in [0.05, 0.1) is 12.5 Å². The molecule has 1 aromatic heterocycles. The van der Waals surface area contributed by atoms with E-state index in [1.165, 1.54) is 11.8 Å². The number of amides is 2. The van der Waals surface area contributed by atoms with Gasteiger partial charge in [-0.25, -0.2) is 0 Å². The maximum absolute atomic E-state index is 12.1. The van der Waals surface area contributed by atoms with Crippen molar-refractivity contribution in [3.05, 3.63) is 57.2 Å². The van der Waals surface area contributed by atoms with Gasteiger partial charge in [-0.1, -0.05) is 29.8 Å². The lowest BCUT2D eigenvalue weighted by Crippen LogP contribution is -2.33. The molecule has 0 fully saturated rings. The number of hydrogen-bond acceptors (Lipinski definition) is 3. The summed E-state index contributed by atoms with van der Waals surface area (Å²) in [5.74, 6) is -0.258. The van der Waals surface area contributed by atoms with Gasteiger partial charge in [-0.05, 0) is 35.6 Å². The molecule has 1 atom stereocenters. The molecule has 0 spiro atoms. The van der Waals surface area contributed by atoms with Crippen molar-refractivity contribution >= 4 is 34.8 Å². The van der Waals surface area contributed by atoms with E-state index in [0.717, 1.165) is 12.0 Å². The minimum atomic E-state index is -0.355. The van der Waals surface area contributed by atoms with Crippen molar-refractivity contribution < 1.29 is 9.59 Å². The summed E-state index contributed by atoms with van der Waals surface area (Å²) in [6, 6.07) is 10.8. The van der Waals surface area contributed by atoms with Crippen LogP contribution in [-0.4, -0.2) is 18.4 Å². The molecule has 0 aliphatic heterocycles. The summed E-state index contributed by atoms with van der Waals surface area (Å²) in [7, 11) is 0. The van der Waals surface area contributed by atoms with Crippen LogP contribution in [0.2, 0.25) is 5.02 Å². The number of halogens is 1. The Morgan fingerprint density at radius 3 is 2.57 bits per heavy atom. The monoisotopic (exact) mass is 350 g/mol. The SMILES string of the molecule is CC(=O)N[C@H](CC(=O)NCCc1cccs1)c1ccc(Cl)cc1. The Morgan fingerprint density at radius 2 is 1.96 bits per heavy atom. The molecule has 6 heteroatoms. The first-order valence-electron chi connectivity index (χ1n) is 7.36. The van der Waals surface area contributed by atoms with Crippen LogP contribution in [-0.2, 0) is 16.0 Å². The first-order chi connectivity index (χ1) is 11.0. The van der Waals surface area contributed by atoms with Crippen LogP contribution < -0.4 is 10.6 Å². The molecule has 0 bridgehead atoms. The molecule has 0 unspecified atom stereocenters. The molecule has 0 saturated carbocycles. The predicted octanol–water partition coefficient (Wildman–Crippen LogP) is 3.33. The maximum atomic E-state index is 12.1. The van der Waals surface area contributed by atoms with Crippen molar-refractivity contribution in [2.45, 2.75) is 25.8 Å². The number of carbonyl (C=O) groups is 2. The molecule has 0 aliphatic carbocycles. The third-order valence-corrected chi connectivity index (χ3v) is 4.50. The molecule has 1 heterocycles. The quantitative estimate of drug-likeness (QED) is 0.804. The highest BCUT2D eigenvalue weighted by Gasteiger charge is 2.16. The topological polar surface area (TPSA) is 58.2 Å². The predicted molar refractivity (Wildman–Crippen MR) is 93.7 cm³/mol. The van der Waals surface area contributed by atoms with Gasteiger partial charge in [0.15, 0.2) is 0 Å². The molecule has 2 aromatic rings. The van der Waals surface area contributed by atoms with Crippen LogP contribution in [0.4, 0.5) is 0 Å². The van der Waals surface area contributed by atoms with Crippen molar-refractivity contribution in [3.63, 3.8) is 0 Å². The van der Waals surface area contributed by atoms with Gasteiger partial charge < -0.3 is 10.6 Å². The normalized spacial score (nSPS) is 11.7. The molecule has 2 N–H and O–H groups in total.